The summed E-state index contributed by atoms with van der Waals surface area (Å²) in [5.74, 6) is 0.840. The molecule has 0 aliphatic carbocycles. The molecule has 0 bridgehead atoms. The van der Waals surface area contributed by atoms with Gasteiger partial charge in [-0.25, -0.2) is 0 Å². The molecule has 1 heteroatoms. The Morgan fingerprint density at radius 1 is 1.40 bits per heavy atom. The maximum atomic E-state index is 4.02. The van der Waals surface area contributed by atoms with Crippen molar-refractivity contribution in [3.05, 3.63) is 48.7 Å². The van der Waals surface area contributed by atoms with Crippen molar-refractivity contribution in [1.82, 2.24) is 0 Å². The molecule has 2 unspecified atom stereocenters. The van der Waals surface area contributed by atoms with Gasteiger partial charge in [0.25, 0.3) is 0 Å². The first-order valence-corrected chi connectivity index (χ1v) is 5.77. The monoisotopic (exact) mass is 202 g/mol. The molecule has 0 aromatic heterocycles. The van der Waals surface area contributed by atoms with Gasteiger partial charge in [-0.05, 0) is 6.58 Å². The number of nitrogens with zero attached hydrogens (tertiary/aromatic N) is 1. The third kappa shape index (κ3) is 2.29. The highest BCUT2D eigenvalue weighted by Gasteiger charge is 2.33. The van der Waals surface area contributed by atoms with Crippen LogP contribution in [0, 0.1) is 5.92 Å². The fraction of sp³-hybridized carbons (Fsp3) is 0.429. The van der Waals surface area contributed by atoms with Gasteiger partial charge in [-0.3, -0.25) is 4.48 Å². The first-order valence-electron chi connectivity index (χ1n) is 5.77. The van der Waals surface area contributed by atoms with Gasteiger partial charge in [0.05, 0.1) is 19.3 Å². The second kappa shape index (κ2) is 4.19. The lowest BCUT2D eigenvalue weighted by Crippen LogP contribution is -2.39. The first kappa shape index (κ1) is 10.4. The molecule has 2 rings (SSSR count). The van der Waals surface area contributed by atoms with Crippen molar-refractivity contribution in [2.24, 2.45) is 5.92 Å². The van der Waals surface area contributed by atoms with Gasteiger partial charge in [-0.15, -0.1) is 0 Å². The van der Waals surface area contributed by atoms with Gasteiger partial charge >= 0.3 is 0 Å². The molecule has 0 N–H and O–H groups in total. The van der Waals surface area contributed by atoms with Crippen molar-refractivity contribution < 1.29 is 4.48 Å². The van der Waals surface area contributed by atoms with Crippen LogP contribution in [0.2, 0.25) is 0 Å². The number of hydrogen-bond donors (Lipinski definition) is 0. The predicted molar refractivity (Wildman–Crippen MR) is 64.1 cm³/mol. The van der Waals surface area contributed by atoms with E-state index in [0.717, 1.165) is 16.9 Å². The van der Waals surface area contributed by atoms with Crippen LogP contribution in [0.15, 0.2) is 43.1 Å². The molecule has 1 aliphatic heterocycles. The number of quaternary nitrogens is 1. The maximum Gasteiger partial charge on any atom is 0.109 e. The van der Waals surface area contributed by atoms with Crippen molar-refractivity contribution in [3.8, 4) is 0 Å². The van der Waals surface area contributed by atoms with E-state index in [1.165, 1.54) is 25.1 Å². The summed E-state index contributed by atoms with van der Waals surface area (Å²) in [4.78, 5) is 0. The van der Waals surface area contributed by atoms with Gasteiger partial charge < -0.3 is 0 Å². The minimum atomic E-state index is 0.840. The lowest BCUT2D eigenvalue weighted by Gasteiger charge is -2.30. The van der Waals surface area contributed by atoms with E-state index in [2.05, 4.69) is 50.0 Å². The summed E-state index contributed by atoms with van der Waals surface area (Å²) in [6, 6.07) is 10.7. The van der Waals surface area contributed by atoms with Crippen molar-refractivity contribution in [1.29, 1.82) is 0 Å². The molecule has 1 nitrogen and oxygen atoms in total. The van der Waals surface area contributed by atoms with Crippen LogP contribution in [0.5, 0.6) is 0 Å². The van der Waals surface area contributed by atoms with Gasteiger partial charge in [0, 0.05) is 17.9 Å². The second-order valence-corrected chi connectivity index (χ2v) is 4.84. The first-order chi connectivity index (χ1) is 7.24. The fourth-order valence-corrected chi connectivity index (χ4v) is 2.60. The number of benzene rings is 1. The van der Waals surface area contributed by atoms with Crippen LogP contribution < -0.4 is 0 Å². The Morgan fingerprint density at radius 2 is 2.13 bits per heavy atom. The Balaban J connectivity index is 2.12. The second-order valence-electron chi connectivity index (χ2n) is 4.84. The molecular formula is C14H20N+. The van der Waals surface area contributed by atoms with E-state index in [1.54, 1.807) is 0 Å². The van der Waals surface area contributed by atoms with Crippen LogP contribution in [-0.2, 0) is 6.54 Å². The van der Waals surface area contributed by atoms with Crippen LogP contribution in [0.4, 0.5) is 0 Å². The maximum absolute atomic E-state index is 4.02. The standard InChI is InChI=1S/C14H20N/c1-3-15(10-9-13(2)11-15)12-14-7-5-4-6-8-14/h3-8,13H,1,9-12H2,2H3/q+1. The predicted octanol–water partition coefficient (Wildman–Crippen LogP) is 3.19. The van der Waals surface area contributed by atoms with Gasteiger partial charge in [0.2, 0.25) is 0 Å². The molecule has 0 amide bonds. The van der Waals surface area contributed by atoms with Gasteiger partial charge in [-0.2, -0.15) is 0 Å². The largest absolute Gasteiger partial charge is 0.294 e. The SMILES string of the molecule is C=C[N+]1(Cc2ccccc2)CCC(C)C1. The number of hydrogen-bond acceptors (Lipinski definition) is 0. The van der Waals surface area contributed by atoms with Crippen molar-refractivity contribution >= 4 is 0 Å². The molecular weight excluding hydrogens is 182 g/mol. The molecule has 1 aromatic rings. The smallest absolute Gasteiger partial charge is 0.109 e. The van der Waals surface area contributed by atoms with Crippen molar-refractivity contribution in [2.75, 3.05) is 13.1 Å². The zero-order valence-corrected chi connectivity index (χ0v) is 9.52. The molecule has 1 saturated heterocycles. The normalized spacial score (nSPS) is 30.3. The highest BCUT2D eigenvalue weighted by atomic mass is 15.4. The van der Waals surface area contributed by atoms with E-state index in [9.17, 15) is 0 Å². The molecule has 1 fully saturated rings. The van der Waals surface area contributed by atoms with E-state index < -0.39 is 0 Å². The molecule has 0 spiro atoms. The summed E-state index contributed by atoms with van der Waals surface area (Å²) in [6.07, 6.45) is 3.47. The van der Waals surface area contributed by atoms with E-state index >= 15 is 0 Å². The molecule has 1 aliphatic rings. The van der Waals surface area contributed by atoms with E-state index in [0.29, 0.717) is 0 Å². The third-order valence-electron chi connectivity index (χ3n) is 3.47. The van der Waals surface area contributed by atoms with Crippen molar-refractivity contribution in [2.45, 2.75) is 19.9 Å². The molecule has 1 aromatic carbocycles. The molecule has 0 radical (unpaired) electrons. The average Bonchev–Trinajstić information content (AvgIpc) is 2.62. The number of likely N-dealkylation sites (tertiary alicyclic amines) is 1. The van der Waals surface area contributed by atoms with Crippen LogP contribution in [0.1, 0.15) is 18.9 Å². The Labute approximate surface area is 92.6 Å². The number of rotatable bonds is 3. The Bertz CT molecular complexity index is 330. The zero-order valence-electron chi connectivity index (χ0n) is 9.52. The molecule has 15 heavy (non-hydrogen) atoms. The highest BCUT2D eigenvalue weighted by molar-refractivity contribution is 5.13. The molecule has 0 saturated carbocycles. The molecule has 2 atom stereocenters. The summed E-state index contributed by atoms with van der Waals surface area (Å²) in [7, 11) is 0. The summed E-state index contributed by atoms with van der Waals surface area (Å²) >= 11 is 0. The zero-order chi connectivity index (χ0) is 10.7. The summed E-state index contributed by atoms with van der Waals surface area (Å²) in [6.45, 7) is 9.96. The third-order valence-corrected chi connectivity index (χ3v) is 3.47. The lowest BCUT2D eigenvalue weighted by atomic mass is 10.1. The summed E-state index contributed by atoms with van der Waals surface area (Å²) in [5, 5.41) is 0. The van der Waals surface area contributed by atoms with Gasteiger partial charge in [0.1, 0.15) is 6.54 Å². The van der Waals surface area contributed by atoms with E-state index in [1.807, 2.05) is 0 Å². The van der Waals surface area contributed by atoms with E-state index in [4.69, 9.17) is 0 Å². The lowest BCUT2D eigenvalue weighted by molar-refractivity contribution is -0.881. The topological polar surface area (TPSA) is 0 Å². The Kier molecular flexibility index (Phi) is 2.92. The van der Waals surface area contributed by atoms with Crippen LogP contribution in [0.25, 0.3) is 0 Å². The minimum Gasteiger partial charge on any atom is -0.294 e. The van der Waals surface area contributed by atoms with Crippen molar-refractivity contribution in [3.63, 3.8) is 0 Å². The minimum absolute atomic E-state index is 0.840. The molecule has 80 valence electrons. The van der Waals surface area contributed by atoms with Gasteiger partial charge in [0.15, 0.2) is 0 Å². The summed E-state index contributed by atoms with van der Waals surface area (Å²) < 4.78 is 1.06. The summed E-state index contributed by atoms with van der Waals surface area (Å²) in [5.41, 5.74) is 1.42. The molecule has 1 heterocycles. The van der Waals surface area contributed by atoms with E-state index in [-0.39, 0.29) is 0 Å². The van der Waals surface area contributed by atoms with Crippen LogP contribution in [-0.4, -0.2) is 17.6 Å². The van der Waals surface area contributed by atoms with Crippen LogP contribution in [0.3, 0.4) is 0 Å². The quantitative estimate of drug-likeness (QED) is 0.660. The average molecular weight is 202 g/mol. The fourth-order valence-electron chi connectivity index (χ4n) is 2.60. The van der Waals surface area contributed by atoms with Gasteiger partial charge in [-0.1, -0.05) is 37.3 Å². The van der Waals surface area contributed by atoms with Crippen LogP contribution >= 0.6 is 0 Å². The Hall–Kier alpha value is -1.08. The Morgan fingerprint density at radius 3 is 2.67 bits per heavy atom. The highest BCUT2D eigenvalue weighted by Crippen LogP contribution is 2.27.